The predicted octanol–water partition coefficient (Wildman–Crippen LogP) is 2.31. The van der Waals surface area contributed by atoms with E-state index in [9.17, 15) is 0 Å². The molecule has 86 valence electrons. The largest absolute Gasteiger partial charge is 0.282 e. The molecule has 0 aliphatic heterocycles. The summed E-state index contributed by atoms with van der Waals surface area (Å²) in [6.45, 7) is 2.27. The van der Waals surface area contributed by atoms with Gasteiger partial charge in [0, 0.05) is 0 Å². The van der Waals surface area contributed by atoms with E-state index in [2.05, 4.69) is 49.2 Å². The summed E-state index contributed by atoms with van der Waals surface area (Å²) in [6.07, 6.45) is 6.10. The summed E-state index contributed by atoms with van der Waals surface area (Å²) in [6, 6.07) is 0. The summed E-state index contributed by atoms with van der Waals surface area (Å²) in [5.74, 6) is 0. The molecule has 0 aromatic heterocycles. The number of rotatable bonds is 6. The number of hydrogen-bond donors (Lipinski definition) is 0. The summed E-state index contributed by atoms with van der Waals surface area (Å²) in [5, 5.41) is 0. The molecule has 0 fully saturated rings. The molecule has 0 bridgehead atoms. The first-order chi connectivity index (χ1) is 6.19. The van der Waals surface area contributed by atoms with Gasteiger partial charge in [-0.15, -0.1) is 0 Å². The summed E-state index contributed by atoms with van der Waals surface area (Å²) in [7, 11) is 13.8. The second-order valence-electron chi connectivity index (χ2n) is 6.21. The van der Waals surface area contributed by atoms with Crippen molar-refractivity contribution < 1.29 is 8.97 Å². The molecule has 0 saturated heterocycles. The van der Waals surface area contributed by atoms with Gasteiger partial charge < -0.3 is 0 Å². The summed E-state index contributed by atoms with van der Waals surface area (Å²) < 4.78 is 2.13. The topological polar surface area (TPSA) is 0 Å². The fourth-order valence-corrected chi connectivity index (χ4v) is 2.39. The first-order valence-corrected chi connectivity index (χ1v) is 5.82. The lowest BCUT2D eigenvalue weighted by Crippen LogP contribution is -2.60. The summed E-state index contributed by atoms with van der Waals surface area (Å²) in [4.78, 5) is 0. The number of hydrogen-bond acceptors (Lipinski definition) is 0. The van der Waals surface area contributed by atoms with Crippen molar-refractivity contribution in [1.29, 1.82) is 0 Å². The minimum atomic E-state index is 0.710. The fourth-order valence-electron chi connectivity index (χ4n) is 2.39. The van der Waals surface area contributed by atoms with Crippen molar-refractivity contribution in [2.24, 2.45) is 0 Å². The Labute approximate surface area is 90.7 Å². The molecule has 0 unspecified atom stereocenters. The van der Waals surface area contributed by atoms with E-state index < -0.39 is 0 Å². The lowest BCUT2D eigenvalue weighted by Gasteiger charge is -2.42. The van der Waals surface area contributed by atoms with E-state index in [1.165, 1.54) is 25.7 Å². The van der Waals surface area contributed by atoms with E-state index in [-0.39, 0.29) is 0 Å². The maximum atomic E-state index is 2.31. The first-order valence-electron chi connectivity index (χ1n) is 5.82. The van der Waals surface area contributed by atoms with Crippen LogP contribution in [0.2, 0.25) is 0 Å². The molecule has 0 radical (unpaired) electrons. The molecule has 0 amide bonds. The Morgan fingerprint density at radius 2 is 1.21 bits per heavy atom. The van der Waals surface area contributed by atoms with Gasteiger partial charge in [-0.25, -0.2) is 0 Å². The molecule has 0 aliphatic carbocycles. The molecular weight excluding hydrogens is 172 g/mol. The van der Waals surface area contributed by atoms with Gasteiger partial charge in [0.2, 0.25) is 6.17 Å². The van der Waals surface area contributed by atoms with Crippen molar-refractivity contribution in [3.63, 3.8) is 0 Å². The SMILES string of the molecule is CCCCCC([N+](C)(C)C)[N+](C)(C)C. The third kappa shape index (κ3) is 4.97. The van der Waals surface area contributed by atoms with Gasteiger partial charge >= 0.3 is 0 Å². The standard InChI is InChI=1S/C12H30N2/c1-8-9-10-11-12(13(2,3)4)14(5,6)7/h12H,8-11H2,1-7H3/q+2. The minimum absolute atomic E-state index is 0.710. The predicted molar refractivity (Wildman–Crippen MR) is 64.0 cm³/mol. The molecule has 2 nitrogen and oxygen atoms in total. The number of unbranched alkanes of at least 4 members (excludes halogenated alkanes) is 2. The second kappa shape index (κ2) is 5.13. The van der Waals surface area contributed by atoms with Crippen LogP contribution in [0.25, 0.3) is 0 Å². The van der Waals surface area contributed by atoms with Crippen LogP contribution in [-0.2, 0) is 0 Å². The average Bonchev–Trinajstić information content (AvgIpc) is 1.92. The van der Waals surface area contributed by atoms with Gasteiger partial charge in [-0.2, -0.15) is 0 Å². The lowest BCUT2D eigenvalue weighted by atomic mass is 10.1. The highest BCUT2D eigenvalue weighted by molar-refractivity contribution is 4.47. The van der Waals surface area contributed by atoms with Gasteiger partial charge in [0.25, 0.3) is 0 Å². The van der Waals surface area contributed by atoms with Crippen LogP contribution in [0.5, 0.6) is 0 Å². The van der Waals surface area contributed by atoms with Gasteiger partial charge in [-0.05, 0) is 6.42 Å². The Bertz CT molecular complexity index is 137. The Kier molecular flexibility index (Phi) is 5.10. The molecule has 0 saturated carbocycles. The highest BCUT2D eigenvalue weighted by atomic mass is 15.5. The van der Waals surface area contributed by atoms with Crippen molar-refractivity contribution in [2.75, 3.05) is 42.3 Å². The summed E-state index contributed by atoms with van der Waals surface area (Å²) >= 11 is 0. The Balaban J connectivity index is 4.28. The zero-order valence-corrected chi connectivity index (χ0v) is 11.3. The molecule has 0 heterocycles. The number of nitrogens with zero attached hydrogens (tertiary/aromatic N) is 2. The van der Waals surface area contributed by atoms with Gasteiger partial charge in [-0.1, -0.05) is 19.8 Å². The van der Waals surface area contributed by atoms with Crippen molar-refractivity contribution in [2.45, 2.75) is 38.8 Å². The van der Waals surface area contributed by atoms with Crippen LogP contribution in [-0.4, -0.2) is 57.4 Å². The maximum Gasteiger partial charge on any atom is 0.215 e. The zero-order chi connectivity index (χ0) is 11.4. The first kappa shape index (κ1) is 13.9. The maximum absolute atomic E-state index is 2.31. The average molecular weight is 202 g/mol. The molecule has 0 spiro atoms. The fraction of sp³-hybridized carbons (Fsp3) is 1.00. The second-order valence-corrected chi connectivity index (χ2v) is 6.21. The van der Waals surface area contributed by atoms with Crippen LogP contribution in [0.15, 0.2) is 0 Å². The van der Waals surface area contributed by atoms with Crippen molar-refractivity contribution in [3.8, 4) is 0 Å². The van der Waals surface area contributed by atoms with E-state index in [1.807, 2.05) is 0 Å². The molecular formula is C12H30N2+2. The smallest absolute Gasteiger partial charge is 0.215 e. The molecule has 0 aromatic rings. The quantitative estimate of drug-likeness (QED) is 0.352. The van der Waals surface area contributed by atoms with Crippen LogP contribution in [0.3, 0.4) is 0 Å². The van der Waals surface area contributed by atoms with Gasteiger partial charge in [0.05, 0.1) is 48.7 Å². The highest BCUT2D eigenvalue weighted by Gasteiger charge is 2.34. The van der Waals surface area contributed by atoms with Gasteiger partial charge in [0.15, 0.2) is 0 Å². The van der Waals surface area contributed by atoms with Crippen molar-refractivity contribution >= 4 is 0 Å². The van der Waals surface area contributed by atoms with Gasteiger partial charge in [0.1, 0.15) is 0 Å². The molecule has 2 heteroatoms. The molecule has 0 rings (SSSR count). The lowest BCUT2D eigenvalue weighted by molar-refractivity contribution is -1.09. The Hall–Kier alpha value is -0.0800. The van der Waals surface area contributed by atoms with Crippen LogP contribution in [0.1, 0.15) is 32.6 Å². The van der Waals surface area contributed by atoms with Crippen molar-refractivity contribution in [1.82, 2.24) is 0 Å². The third-order valence-corrected chi connectivity index (χ3v) is 2.85. The van der Waals surface area contributed by atoms with Crippen LogP contribution in [0.4, 0.5) is 0 Å². The molecule has 0 atom stereocenters. The van der Waals surface area contributed by atoms with E-state index in [0.717, 1.165) is 8.97 Å². The molecule has 0 aliphatic rings. The van der Waals surface area contributed by atoms with Crippen LogP contribution >= 0.6 is 0 Å². The van der Waals surface area contributed by atoms with E-state index in [0.29, 0.717) is 6.17 Å². The molecule has 14 heavy (non-hydrogen) atoms. The van der Waals surface area contributed by atoms with E-state index >= 15 is 0 Å². The highest BCUT2D eigenvalue weighted by Crippen LogP contribution is 2.18. The number of quaternary nitrogens is 2. The zero-order valence-electron chi connectivity index (χ0n) is 11.3. The molecule has 0 aromatic carbocycles. The Morgan fingerprint density at radius 3 is 1.50 bits per heavy atom. The van der Waals surface area contributed by atoms with Crippen LogP contribution < -0.4 is 0 Å². The molecule has 0 N–H and O–H groups in total. The van der Waals surface area contributed by atoms with Gasteiger partial charge in [-0.3, -0.25) is 8.97 Å². The third-order valence-electron chi connectivity index (χ3n) is 2.85. The Morgan fingerprint density at radius 1 is 0.786 bits per heavy atom. The normalized spacial score (nSPS) is 13.7. The van der Waals surface area contributed by atoms with Crippen LogP contribution in [0, 0.1) is 0 Å². The summed E-state index contributed by atoms with van der Waals surface area (Å²) in [5.41, 5.74) is 0. The monoisotopic (exact) mass is 202 g/mol. The van der Waals surface area contributed by atoms with E-state index in [1.54, 1.807) is 0 Å². The minimum Gasteiger partial charge on any atom is -0.282 e. The van der Waals surface area contributed by atoms with Crippen molar-refractivity contribution in [3.05, 3.63) is 0 Å². The van der Waals surface area contributed by atoms with E-state index in [4.69, 9.17) is 0 Å².